The quantitative estimate of drug-likeness (QED) is 0.598. The van der Waals surface area contributed by atoms with Crippen LogP contribution in [0.4, 0.5) is 0 Å². The van der Waals surface area contributed by atoms with Crippen molar-refractivity contribution in [3.05, 3.63) is 35.4 Å². The van der Waals surface area contributed by atoms with E-state index in [0.717, 1.165) is 11.1 Å². The van der Waals surface area contributed by atoms with Crippen LogP contribution in [0, 0.1) is 18.3 Å². The monoisotopic (exact) mass is 246 g/mol. The van der Waals surface area contributed by atoms with Crippen LogP contribution in [0.25, 0.3) is 0 Å². The van der Waals surface area contributed by atoms with Crippen molar-refractivity contribution in [1.82, 2.24) is 0 Å². The molecule has 2 rings (SSSR count). The van der Waals surface area contributed by atoms with Crippen LogP contribution >= 0.6 is 0 Å². The number of hydrogen-bond donors (Lipinski definition) is 0. The Morgan fingerprint density at radius 3 is 2.89 bits per heavy atom. The summed E-state index contributed by atoms with van der Waals surface area (Å²) >= 11 is 0. The molecular weight excluding hydrogens is 232 g/mol. The van der Waals surface area contributed by atoms with Gasteiger partial charge < -0.3 is 14.3 Å². The van der Waals surface area contributed by atoms with Crippen molar-refractivity contribution >= 4 is 5.71 Å². The van der Waals surface area contributed by atoms with Crippen LogP contribution in [0.15, 0.2) is 29.4 Å². The first-order valence-corrected chi connectivity index (χ1v) is 5.66. The second kappa shape index (κ2) is 6.15. The largest absolute Gasteiger partial charge is 0.392 e. The molecule has 5 nitrogen and oxygen atoms in total. The molecule has 1 unspecified atom stereocenters. The first-order valence-electron chi connectivity index (χ1n) is 5.66. The fourth-order valence-corrected chi connectivity index (χ4v) is 1.50. The van der Waals surface area contributed by atoms with E-state index in [9.17, 15) is 0 Å². The van der Waals surface area contributed by atoms with Gasteiger partial charge in [0.25, 0.3) is 0 Å². The minimum atomic E-state index is -0.105. The molecule has 1 aromatic carbocycles. The number of ether oxygens (including phenoxy) is 2. The molecule has 1 saturated heterocycles. The molecule has 1 fully saturated rings. The van der Waals surface area contributed by atoms with Crippen LogP contribution < -0.4 is 0 Å². The third-order valence-corrected chi connectivity index (χ3v) is 2.54. The van der Waals surface area contributed by atoms with Gasteiger partial charge >= 0.3 is 0 Å². The molecule has 1 aliphatic heterocycles. The highest BCUT2D eigenvalue weighted by Crippen LogP contribution is 2.06. The Kier molecular flexibility index (Phi) is 4.29. The van der Waals surface area contributed by atoms with Crippen molar-refractivity contribution in [2.75, 3.05) is 20.0 Å². The van der Waals surface area contributed by atoms with Gasteiger partial charge in [-0.3, -0.25) is 0 Å². The topological polar surface area (TPSA) is 63.8 Å². The van der Waals surface area contributed by atoms with Crippen LogP contribution in [0.1, 0.15) is 11.1 Å². The molecule has 0 N–H and O–H groups in total. The van der Waals surface area contributed by atoms with Crippen LogP contribution in [-0.2, 0) is 14.3 Å². The van der Waals surface area contributed by atoms with E-state index < -0.39 is 0 Å². The summed E-state index contributed by atoms with van der Waals surface area (Å²) in [7, 11) is 0. The SMILES string of the molecule is Cc1ccc(/C(C#N)=N/OCC2COCO2)cc1. The number of aryl methyl sites for hydroxylation is 1. The molecule has 1 atom stereocenters. The van der Waals surface area contributed by atoms with E-state index >= 15 is 0 Å². The summed E-state index contributed by atoms with van der Waals surface area (Å²) < 4.78 is 10.2. The second-order valence-electron chi connectivity index (χ2n) is 3.99. The zero-order chi connectivity index (χ0) is 12.8. The van der Waals surface area contributed by atoms with Gasteiger partial charge in [0.1, 0.15) is 25.6 Å². The molecule has 1 aromatic rings. The van der Waals surface area contributed by atoms with Crippen molar-refractivity contribution in [2.45, 2.75) is 13.0 Å². The van der Waals surface area contributed by atoms with Gasteiger partial charge in [-0.2, -0.15) is 5.26 Å². The maximum Gasteiger partial charge on any atom is 0.186 e. The molecule has 18 heavy (non-hydrogen) atoms. The number of rotatable bonds is 4. The molecule has 0 aliphatic carbocycles. The van der Waals surface area contributed by atoms with Crippen molar-refractivity contribution < 1.29 is 14.3 Å². The molecule has 0 bridgehead atoms. The molecular formula is C13H14N2O3. The highest BCUT2D eigenvalue weighted by Gasteiger charge is 2.16. The van der Waals surface area contributed by atoms with Crippen LogP contribution in [0.3, 0.4) is 0 Å². The van der Waals surface area contributed by atoms with Gasteiger partial charge in [-0.05, 0) is 6.92 Å². The molecule has 1 aliphatic rings. The molecule has 1 heterocycles. The summed E-state index contributed by atoms with van der Waals surface area (Å²) in [6.07, 6.45) is -0.105. The summed E-state index contributed by atoms with van der Waals surface area (Å²) in [6, 6.07) is 9.56. The standard InChI is InChI=1S/C13H14N2O3/c1-10-2-4-11(5-3-10)13(6-14)15-18-8-12-7-16-9-17-12/h2-5,12H,7-9H2,1H3/b15-13+. The Hall–Kier alpha value is -1.90. The highest BCUT2D eigenvalue weighted by atomic mass is 16.7. The predicted molar refractivity (Wildman–Crippen MR) is 65.0 cm³/mol. The summed E-state index contributed by atoms with van der Waals surface area (Å²) in [5.74, 6) is 0. The van der Waals surface area contributed by atoms with Crippen LogP contribution in [0.5, 0.6) is 0 Å². The summed E-state index contributed by atoms with van der Waals surface area (Å²) in [4.78, 5) is 5.12. The van der Waals surface area contributed by atoms with E-state index in [1.54, 1.807) is 0 Å². The van der Waals surface area contributed by atoms with Gasteiger partial charge in [-0.1, -0.05) is 35.0 Å². The number of nitriles is 1. The van der Waals surface area contributed by atoms with Gasteiger partial charge in [0, 0.05) is 5.56 Å². The number of nitrogens with zero attached hydrogens (tertiary/aromatic N) is 2. The van der Waals surface area contributed by atoms with Crippen molar-refractivity contribution in [1.29, 1.82) is 5.26 Å². The molecule has 5 heteroatoms. The molecule has 0 saturated carbocycles. The number of oxime groups is 1. The van der Waals surface area contributed by atoms with E-state index in [1.165, 1.54) is 0 Å². The Morgan fingerprint density at radius 1 is 1.50 bits per heavy atom. The molecule has 0 amide bonds. The fourth-order valence-electron chi connectivity index (χ4n) is 1.50. The molecule has 0 radical (unpaired) electrons. The smallest absolute Gasteiger partial charge is 0.186 e. The molecule has 0 spiro atoms. The first-order chi connectivity index (χ1) is 8.79. The molecule has 94 valence electrons. The Balaban J connectivity index is 1.95. The fraction of sp³-hybridized carbons (Fsp3) is 0.385. The third kappa shape index (κ3) is 3.29. The van der Waals surface area contributed by atoms with Gasteiger partial charge in [0.15, 0.2) is 5.71 Å². The summed E-state index contributed by atoms with van der Waals surface area (Å²) in [5.41, 5.74) is 2.13. The predicted octanol–water partition coefficient (Wildman–Crippen LogP) is 1.61. The van der Waals surface area contributed by atoms with Crippen LogP contribution in [-0.4, -0.2) is 31.8 Å². The molecule has 0 aromatic heterocycles. The van der Waals surface area contributed by atoms with E-state index in [1.807, 2.05) is 37.3 Å². The summed E-state index contributed by atoms with van der Waals surface area (Å²) in [5, 5.41) is 12.8. The van der Waals surface area contributed by atoms with E-state index in [2.05, 4.69) is 5.16 Å². The lowest BCUT2D eigenvalue weighted by atomic mass is 10.1. The van der Waals surface area contributed by atoms with Gasteiger partial charge in [-0.15, -0.1) is 0 Å². The maximum absolute atomic E-state index is 9.02. The van der Waals surface area contributed by atoms with Gasteiger partial charge in [0.05, 0.1) is 6.61 Å². The van der Waals surface area contributed by atoms with Crippen molar-refractivity contribution in [2.24, 2.45) is 5.16 Å². The van der Waals surface area contributed by atoms with Gasteiger partial charge in [-0.25, -0.2) is 0 Å². The number of hydrogen-bond acceptors (Lipinski definition) is 5. The summed E-state index contributed by atoms with van der Waals surface area (Å²) in [6.45, 7) is 3.07. The number of benzene rings is 1. The first kappa shape index (κ1) is 12.6. The van der Waals surface area contributed by atoms with E-state index in [0.29, 0.717) is 13.4 Å². The Morgan fingerprint density at radius 2 is 2.28 bits per heavy atom. The van der Waals surface area contributed by atoms with Crippen molar-refractivity contribution in [3.8, 4) is 6.07 Å². The average molecular weight is 246 g/mol. The van der Waals surface area contributed by atoms with Crippen molar-refractivity contribution in [3.63, 3.8) is 0 Å². The Bertz CT molecular complexity index is 456. The van der Waals surface area contributed by atoms with E-state index in [-0.39, 0.29) is 18.4 Å². The van der Waals surface area contributed by atoms with E-state index in [4.69, 9.17) is 19.6 Å². The Labute approximate surface area is 106 Å². The lowest BCUT2D eigenvalue weighted by molar-refractivity contribution is 0.00680. The zero-order valence-corrected chi connectivity index (χ0v) is 10.1. The highest BCUT2D eigenvalue weighted by molar-refractivity contribution is 6.11. The third-order valence-electron chi connectivity index (χ3n) is 2.54. The lowest BCUT2D eigenvalue weighted by Gasteiger charge is -2.05. The maximum atomic E-state index is 9.02. The normalized spacial score (nSPS) is 19.6. The minimum absolute atomic E-state index is 0.105. The lowest BCUT2D eigenvalue weighted by Crippen LogP contribution is -2.16. The van der Waals surface area contributed by atoms with Crippen LogP contribution in [0.2, 0.25) is 0 Å². The minimum Gasteiger partial charge on any atom is -0.392 e. The zero-order valence-electron chi connectivity index (χ0n) is 10.1. The average Bonchev–Trinajstić information content (AvgIpc) is 2.89. The second-order valence-corrected chi connectivity index (χ2v) is 3.99. The van der Waals surface area contributed by atoms with Gasteiger partial charge in [0.2, 0.25) is 0 Å².